The van der Waals surface area contributed by atoms with Crippen molar-refractivity contribution in [1.82, 2.24) is 13.9 Å². The average molecular weight is 446 g/mol. The van der Waals surface area contributed by atoms with Gasteiger partial charge in [0.1, 0.15) is 6.17 Å². The number of amides is 1. The number of hydrogen-bond donors (Lipinski definition) is 2. The molecule has 2 saturated carbocycles. The molecule has 30 heavy (non-hydrogen) atoms. The number of carbonyl (C=O) groups excluding carboxylic acids is 1. The van der Waals surface area contributed by atoms with Gasteiger partial charge in [-0.15, -0.1) is 0 Å². The molecule has 2 aliphatic heterocycles. The van der Waals surface area contributed by atoms with Gasteiger partial charge in [0.05, 0.1) is 18.7 Å². The van der Waals surface area contributed by atoms with Crippen LogP contribution in [0.3, 0.4) is 0 Å². The van der Waals surface area contributed by atoms with E-state index >= 15 is 4.39 Å². The van der Waals surface area contributed by atoms with Crippen LogP contribution in [0, 0.1) is 23.2 Å². The minimum absolute atomic E-state index is 0.0736. The van der Waals surface area contributed by atoms with E-state index in [9.17, 15) is 18.3 Å². The molecule has 2 saturated heterocycles. The summed E-state index contributed by atoms with van der Waals surface area (Å²) in [7, 11) is -4.07. The SMILES string of the molecule is CC(C)(C)CC1CCN(C2CCC3CC(O)C(N4CC(=O)NS4(=O)=O)C(F)C3C2)C1. The third-order valence-electron chi connectivity index (χ3n) is 7.61. The first-order valence-corrected chi connectivity index (χ1v) is 12.8. The number of aliphatic hydroxyl groups excluding tert-OH is 1. The Bertz CT molecular complexity index is 771. The van der Waals surface area contributed by atoms with Crippen LogP contribution in [0.15, 0.2) is 0 Å². The summed E-state index contributed by atoms with van der Waals surface area (Å²) in [4.78, 5) is 14.1. The third kappa shape index (κ3) is 4.40. The van der Waals surface area contributed by atoms with Crippen LogP contribution in [-0.4, -0.2) is 72.6 Å². The van der Waals surface area contributed by atoms with E-state index in [1.165, 1.54) is 12.8 Å². The Morgan fingerprint density at radius 3 is 2.57 bits per heavy atom. The standard InChI is InChI=1S/C21H36FN3O4S/c1-21(2,3)10-13-6-7-24(11-13)15-5-4-14-8-17(26)20(19(22)16(14)9-15)25-12-18(27)23-30(25,28)29/h13-17,19-20,26H,4-12H2,1-3H3,(H,23,27). The fourth-order valence-electron chi connectivity index (χ4n) is 6.48. The van der Waals surface area contributed by atoms with E-state index in [4.69, 9.17) is 0 Å². The van der Waals surface area contributed by atoms with Crippen molar-refractivity contribution in [2.24, 2.45) is 23.2 Å². The minimum Gasteiger partial charge on any atom is -0.391 e. The number of likely N-dealkylation sites (tertiary alicyclic amines) is 1. The summed E-state index contributed by atoms with van der Waals surface area (Å²) >= 11 is 0. The van der Waals surface area contributed by atoms with Gasteiger partial charge in [-0.25, -0.2) is 9.11 Å². The lowest BCUT2D eigenvalue weighted by molar-refractivity contribution is -0.120. The van der Waals surface area contributed by atoms with E-state index < -0.39 is 41.0 Å². The zero-order valence-electron chi connectivity index (χ0n) is 18.3. The maximum atomic E-state index is 15.7. The topological polar surface area (TPSA) is 89.9 Å². The Balaban J connectivity index is 1.44. The molecule has 9 heteroatoms. The lowest BCUT2D eigenvalue weighted by atomic mass is 9.66. The van der Waals surface area contributed by atoms with Crippen molar-refractivity contribution in [2.75, 3.05) is 19.6 Å². The summed E-state index contributed by atoms with van der Waals surface area (Å²) in [6.45, 7) is 8.51. The van der Waals surface area contributed by atoms with Crippen molar-refractivity contribution in [3.8, 4) is 0 Å². The molecule has 7 nitrogen and oxygen atoms in total. The molecule has 0 bridgehead atoms. The van der Waals surface area contributed by atoms with Gasteiger partial charge in [0.25, 0.3) is 0 Å². The lowest BCUT2D eigenvalue weighted by Gasteiger charge is -2.49. The first-order chi connectivity index (χ1) is 13.9. The number of nitrogens with one attached hydrogen (secondary N) is 1. The highest BCUT2D eigenvalue weighted by Gasteiger charge is 2.54. The van der Waals surface area contributed by atoms with Crippen LogP contribution < -0.4 is 4.72 Å². The van der Waals surface area contributed by atoms with Crippen molar-refractivity contribution in [3.05, 3.63) is 0 Å². The number of aliphatic hydroxyl groups is 1. The molecule has 0 radical (unpaired) electrons. The van der Waals surface area contributed by atoms with E-state index in [-0.39, 0.29) is 11.8 Å². The molecule has 4 rings (SSSR count). The fourth-order valence-corrected chi connectivity index (χ4v) is 7.81. The predicted octanol–water partition coefficient (Wildman–Crippen LogP) is 1.68. The molecule has 172 valence electrons. The first kappa shape index (κ1) is 22.4. The number of halogens is 1. The number of nitrogens with zero attached hydrogens (tertiary/aromatic N) is 2. The van der Waals surface area contributed by atoms with Gasteiger partial charge in [0.2, 0.25) is 5.91 Å². The first-order valence-electron chi connectivity index (χ1n) is 11.3. The van der Waals surface area contributed by atoms with Gasteiger partial charge >= 0.3 is 10.2 Å². The monoisotopic (exact) mass is 445 g/mol. The maximum absolute atomic E-state index is 15.7. The zero-order chi connectivity index (χ0) is 21.8. The smallest absolute Gasteiger partial charge is 0.304 e. The molecule has 0 aromatic carbocycles. The molecule has 0 aromatic heterocycles. The second-order valence-electron chi connectivity index (χ2n) is 11.1. The quantitative estimate of drug-likeness (QED) is 0.690. The van der Waals surface area contributed by atoms with Crippen LogP contribution in [0.5, 0.6) is 0 Å². The largest absolute Gasteiger partial charge is 0.391 e. The Labute approximate surface area is 179 Å². The second kappa shape index (κ2) is 7.98. The maximum Gasteiger partial charge on any atom is 0.304 e. The van der Waals surface area contributed by atoms with Gasteiger partial charge < -0.3 is 10.0 Å². The highest BCUT2D eigenvalue weighted by molar-refractivity contribution is 7.88. The molecule has 4 aliphatic rings. The zero-order valence-corrected chi connectivity index (χ0v) is 19.1. The third-order valence-corrected chi connectivity index (χ3v) is 9.09. The molecule has 2 heterocycles. The van der Waals surface area contributed by atoms with E-state index in [1.807, 2.05) is 4.72 Å². The molecule has 4 fully saturated rings. The molecule has 7 atom stereocenters. The Kier molecular flexibility index (Phi) is 5.96. The van der Waals surface area contributed by atoms with Crippen molar-refractivity contribution >= 4 is 16.1 Å². The number of rotatable bonds is 3. The molecule has 0 spiro atoms. The summed E-state index contributed by atoms with van der Waals surface area (Å²) in [5.41, 5.74) is 0.307. The van der Waals surface area contributed by atoms with Crippen LogP contribution in [0.2, 0.25) is 0 Å². The second-order valence-corrected chi connectivity index (χ2v) is 12.7. The van der Waals surface area contributed by atoms with Crippen molar-refractivity contribution in [2.45, 2.75) is 83.7 Å². The van der Waals surface area contributed by atoms with Gasteiger partial charge in [-0.2, -0.15) is 12.7 Å². The molecule has 2 N–H and O–H groups in total. The van der Waals surface area contributed by atoms with Crippen molar-refractivity contribution in [1.29, 1.82) is 0 Å². The van der Waals surface area contributed by atoms with Crippen LogP contribution in [0.4, 0.5) is 4.39 Å². The van der Waals surface area contributed by atoms with Gasteiger partial charge in [-0.3, -0.25) is 4.79 Å². The van der Waals surface area contributed by atoms with Gasteiger partial charge in [0, 0.05) is 12.6 Å². The van der Waals surface area contributed by atoms with Gasteiger partial charge in [0.15, 0.2) is 0 Å². The number of alkyl halides is 1. The Hall–Kier alpha value is -0.770. The molecule has 1 amide bonds. The Morgan fingerprint density at radius 1 is 1.20 bits per heavy atom. The highest BCUT2D eigenvalue weighted by Crippen LogP contribution is 2.46. The van der Waals surface area contributed by atoms with Gasteiger partial charge in [-0.05, 0) is 68.2 Å². The summed E-state index contributed by atoms with van der Waals surface area (Å²) < 4.78 is 43.0. The summed E-state index contributed by atoms with van der Waals surface area (Å²) in [6.07, 6.45) is 2.81. The van der Waals surface area contributed by atoms with Crippen LogP contribution in [0.1, 0.15) is 59.3 Å². The minimum atomic E-state index is -4.07. The fraction of sp³-hybridized carbons (Fsp3) is 0.952. The molecular formula is C21H36FN3O4S. The van der Waals surface area contributed by atoms with Crippen LogP contribution in [0.25, 0.3) is 0 Å². The predicted molar refractivity (Wildman–Crippen MR) is 111 cm³/mol. The Morgan fingerprint density at radius 2 is 1.93 bits per heavy atom. The summed E-state index contributed by atoms with van der Waals surface area (Å²) in [5, 5.41) is 10.6. The van der Waals surface area contributed by atoms with E-state index in [0.29, 0.717) is 30.2 Å². The summed E-state index contributed by atoms with van der Waals surface area (Å²) in [6, 6.07) is -0.860. The molecule has 2 aliphatic carbocycles. The van der Waals surface area contributed by atoms with E-state index in [1.54, 1.807) is 0 Å². The highest BCUT2D eigenvalue weighted by atomic mass is 32.2. The number of hydrogen-bond acceptors (Lipinski definition) is 5. The number of carbonyl (C=O) groups is 1. The molecule has 7 unspecified atom stereocenters. The average Bonchev–Trinajstić information content (AvgIpc) is 3.17. The van der Waals surface area contributed by atoms with Gasteiger partial charge in [-0.1, -0.05) is 20.8 Å². The summed E-state index contributed by atoms with van der Waals surface area (Å²) in [5.74, 6) is -0.189. The number of fused-ring (bicyclic) bond motifs is 1. The van der Waals surface area contributed by atoms with Crippen LogP contribution >= 0.6 is 0 Å². The molecule has 0 aromatic rings. The van der Waals surface area contributed by atoms with E-state index in [2.05, 4.69) is 25.7 Å². The van der Waals surface area contributed by atoms with Crippen molar-refractivity contribution in [3.63, 3.8) is 0 Å². The van der Waals surface area contributed by atoms with E-state index in [0.717, 1.165) is 30.2 Å². The normalized spacial score (nSPS) is 42.8. The van der Waals surface area contributed by atoms with Crippen LogP contribution in [-0.2, 0) is 15.0 Å². The molecular weight excluding hydrogens is 409 g/mol. The van der Waals surface area contributed by atoms with Crippen molar-refractivity contribution < 1.29 is 22.7 Å². The lowest BCUT2D eigenvalue weighted by Crippen LogP contribution is -2.59.